The molecule has 0 saturated carbocycles. The van der Waals surface area contributed by atoms with Crippen LogP contribution in [-0.4, -0.2) is 31.3 Å². The fourth-order valence-electron chi connectivity index (χ4n) is 3.49. The Morgan fingerprint density at radius 2 is 2.09 bits per heavy atom. The average Bonchev–Trinajstić information content (AvgIpc) is 2.88. The van der Waals surface area contributed by atoms with Gasteiger partial charge >= 0.3 is 5.97 Å². The van der Waals surface area contributed by atoms with Crippen molar-refractivity contribution in [3.8, 4) is 5.75 Å². The highest BCUT2D eigenvalue weighted by Gasteiger charge is 2.27. The van der Waals surface area contributed by atoms with Crippen LogP contribution in [0.4, 0.5) is 0 Å². The second-order valence-electron chi connectivity index (χ2n) is 6.57. The molecule has 124 valence electrons. The monoisotopic (exact) mass is 318 g/mol. The SMILES string of the molecule is COC(=O)c1c(C)oc2ccc(O)c(C[NH+]3CCC(C)CC3)c12. The lowest BCUT2D eigenvalue weighted by Crippen LogP contribution is -3.11. The van der Waals surface area contributed by atoms with Crippen molar-refractivity contribution in [1.29, 1.82) is 0 Å². The Morgan fingerprint density at radius 1 is 1.39 bits per heavy atom. The van der Waals surface area contributed by atoms with Gasteiger partial charge in [-0.05, 0) is 37.8 Å². The summed E-state index contributed by atoms with van der Waals surface area (Å²) in [7, 11) is 1.36. The predicted molar refractivity (Wildman–Crippen MR) is 86.8 cm³/mol. The summed E-state index contributed by atoms with van der Waals surface area (Å²) in [5.41, 5.74) is 1.84. The van der Waals surface area contributed by atoms with E-state index < -0.39 is 5.97 Å². The van der Waals surface area contributed by atoms with Crippen molar-refractivity contribution >= 4 is 16.9 Å². The molecule has 0 atom stereocenters. The van der Waals surface area contributed by atoms with Crippen LogP contribution in [0.2, 0.25) is 0 Å². The van der Waals surface area contributed by atoms with E-state index in [1.807, 2.05) is 0 Å². The van der Waals surface area contributed by atoms with E-state index in [-0.39, 0.29) is 5.75 Å². The highest BCUT2D eigenvalue weighted by atomic mass is 16.5. The number of benzene rings is 1. The molecule has 0 bridgehead atoms. The first kappa shape index (κ1) is 15.9. The molecule has 5 heteroatoms. The Bertz CT molecular complexity index is 726. The van der Waals surface area contributed by atoms with Gasteiger partial charge in [0.25, 0.3) is 0 Å². The lowest BCUT2D eigenvalue weighted by molar-refractivity contribution is -0.919. The lowest BCUT2D eigenvalue weighted by atomic mass is 9.97. The van der Waals surface area contributed by atoms with Crippen molar-refractivity contribution in [2.75, 3.05) is 20.2 Å². The summed E-state index contributed by atoms with van der Waals surface area (Å²) in [4.78, 5) is 13.6. The highest BCUT2D eigenvalue weighted by Crippen LogP contribution is 2.33. The number of fused-ring (bicyclic) bond motifs is 1. The van der Waals surface area contributed by atoms with E-state index in [2.05, 4.69) is 6.92 Å². The summed E-state index contributed by atoms with van der Waals surface area (Å²) in [5, 5.41) is 11.1. The number of rotatable bonds is 3. The van der Waals surface area contributed by atoms with Crippen LogP contribution in [0.5, 0.6) is 5.75 Å². The number of furan rings is 1. The number of likely N-dealkylation sites (tertiary alicyclic amines) is 1. The molecule has 0 spiro atoms. The van der Waals surface area contributed by atoms with Gasteiger partial charge in [0.05, 0.1) is 25.8 Å². The molecule has 2 heterocycles. The second kappa shape index (κ2) is 6.24. The number of phenolic OH excluding ortho intramolecular Hbond substituents is 1. The number of quaternary nitrogens is 1. The van der Waals surface area contributed by atoms with Crippen molar-refractivity contribution in [2.45, 2.75) is 33.2 Å². The van der Waals surface area contributed by atoms with Crippen LogP contribution in [-0.2, 0) is 11.3 Å². The average molecular weight is 318 g/mol. The number of aryl methyl sites for hydroxylation is 1. The maximum Gasteiger partial charge on any atom is 0.342 e. The number of hydrogen-bond donors (Lipinski definition) is 2. The van der Waals surface area contributed by atoms with Gasteiger partial charge in [-0.2, -0.15) is 0 Å². The smallest absolute Gasteiger partial charge is 0.342 e. The van der Waals surface area contributed by atoms with E-state index in [0.29, 0.717) is 28.8 Å². The number of carbonyl (C=O) groups excluding carboxylic acids is 1. The van der Waals surface area contributed by atoms with Crippen molar-refractivity contribution in [3.63, 3.8) is 0 Å². The molecule has 0 amide bonds. The summed E-state index contributed by atoms with van der Waals surface area (Å²) in [5.74, 6) is 1.09. The van der Waals surface area contributed by atoms with Crippen molar-refractivity contribution in [2.24, 2.45) is 5.92 Å². The van der Waals surface area contributed by atoms with E-state index in [4.69, 9.17) is 9.15 Å². The number of nitrogens with one attached hydrogen (secondary N) is 1. The largest absolute Gasteiger partial charge is 0.507 e. The molecule has 3 rings (SSSR count). The first-order valence-corrected chi connectivity index (χ1v) is 8.17. The normalized spacial score (nSPS) is 21.5. The predicted octanol–water partition coefficient (Wildman–Crippen LogP) is 2.05. The van der Waals surface area contributed by atoms with E-state index in [0.717, 1.165) is 24.6 Å². The number of piperidine rings is 1. The van der Waals surface area contributed by atoms with Gasteiger partial charge in [0.2, 0.25) is 0 Å². The zero-order chi connectivity index (χ0) is 16.6. The van der Waals surface area contributed by atoms with Gasteiger partial charge in [-0.3, -0.25) is 0 Å². The van der Waals surface area contributed by atoms with Gasteiger partial charge in [-0.1, -0.05) is 6.92 Å². The van der Waals surface area contributed by atoms with E-state index in [1.54, 1.807) is 19.1 Å². The maximum absolute atomic E-state index is 12.1. The molecular formula is C18H24NO4+. The van der Waals surface area contributed by atoms with Crippen LogP contribution in [0.25, 0.3) is 11.0 Å². The highest BCUT2D eigenvalue weighted by molar-refractivity contribution is 6.06. The Kier molecular flexibility index (Phi) is 4.31. The Balaban J connectivity index is 2.04. The fraction of sp³-hybridized carbons (Fsp3) is 0.500. The summed E-state index contributed by atoms with van der Waals surface area (Å²) < 4.78 is 10.6. The molecule has 1 fully saturated rings. The standard InChI is InChI=1S/C18H23NO4/c1-11-6-8-19(9-7-11)10-13-14(20)4-5-15-17(13)16(12(2)23-15)18(21)22-3/h4-5,11,20H,6-10H2,1-3H3/p+1. The van der Waals surface area contributed by atoms with Crippen LogP contribution in [0.1, 0.15) is 41.4 Å². The van der Waals surface area contributed by atoms with E-state index in [9.17, 15) is 9.90 Å². The van der Waals surface area contributed by atoms with Gasteiger partial charge in [0, 0.05) is 5.39 Å². The van der Waals surface area contributed by atoms with Crippen molar-refractivity contribution in [1.82, 2.24) is 0 Å². The molecule has 1 aliphatic rings. The molecule has 0 unspecified atom stereocenters. The minimum Gasteiger partial charge on any atom is -0.507 e. The van der Waals surface area contributed by atoms with Crippen LogP contribution >= 0.6 is 0 Å². The molecule has 0 radical (unpaired) electrons. The van der Waals surface area contributed by atoms with Gasteiger partial charge in [0.15, 0.2) is 0 Å². The minimum absolute atomic E-state index is 0.217. The summed E-state index contributed by atoms with van der Waals surface area (Å²) in [6, 6.07) is 3.36. The third-order valence-electron chi connectivity index (χ3n) is 4.91. The first-order chi connectivity index (χ1) is 11.0. The fourth-order valence-corrected chi connectivity index (χ4v) is 3.49. The van der Waals surface area contributed by atoms with Gasteiger partial charge < -0.3 is 19.2 Å². The third kappa shape index (κ3) is 2.93. The summed E-state index contributed by atoms with van der Waals surface area (Å²) in [6.07, 6.45) is 2.39. The molecule has 23 heavy (non-hydrogen) atoms. The zero-order valence-corrected chi connectivity index (χ0v) is 13.9. The number of carbonyl (C=O) groups is 1. The summed E-state index contributed by atoms with van der Waals surface area (Å²) in [6.45, 7) is 6.90. The molecular weight excluding hydrogens is 294 g/mol. The molecule has 1 aromatic heterocycles. The quantitative estimate of drug-likeness (QED) is 0.850. The van der Waals surface area contributed by atoms with Gasteiger partial charge in [0.1, 0.15) is 29.2 Å². The first-order valence-electron chi connectivity index (χ1n) is 8.17. The van der Waals surface area contributed by atoms with E-state index in [1.165, 1.54) is 24.9 Å². The zero-order valence-electron chi connectivity index (χ0n) is 13.9. The Morgan fingerprint density at radius 3 is 2.74 bits per heavy atom. The summed E-state index contributed by atoms with van der Waals surface area (Å²) >= 11 is 0. The van der Waals surface area contributed by atoms with Gasteiger partial charge in [-0.25, -0.2) is 4.79 Å². The van der Waals surface area contributed by atoms with Crippen LogP contribution in [0, 0.1) is 12.8 Å². The molecule has 5 nitrogen and oxygen atoms in total. The number of methoxy groups -OCH3 is 1. The topological polar surface area (TPSA) is 64.1 Å². The second-order valence-corrected chi connectivity index (χ2v) is 6.57. The Hall–Kier alpha value is -2.01. The number of hydrogen-bond acceptors (Lipinski definition) is 4. The molecule has 1 saturated heterocycles. The number of ether oxygens (including phenoxy) is 1. The molecule has 2 aromatic rings. The molecule has 2 N–H and O–H groups in total. The molecule has 1 aromatic carbocycles. The molecule has 1 aliphatic heterocycles. The van der Waals surface area contributed by atoms with Crippen LogP contribution < -0.4 is 4.90 Å². The van der Waals surface area contributed by atoms with Crippen molar-refractivity contribution < 1.29 is 24.0 Å². The minimum atomic E-state index is -0.421. The maximum atomic E-state index is 12.1. The molecule has 0 aliphatic carbocycles. The third-order valence-corrected chi connectivity index (χ3v) is 4.91. The number of aromatic hydroxyl groups is 1. The lowest BCUT2D eigenvalue weighted by Gasteiger charge is -2.27. The Labute approximate surface area is 135 Å². The number of phenols is 1. The van der Waals surface area contributed by atoms with E-state index >= 15 is 0 Å². The van der Waals surface area contributed by atoms with Crippen molar-refractivity contribution in [3.05, 3.63) is 29.0 Å². The van der Waals surface area contributed by atoms with Crippen LogP contribution in [0.3, 0.4) is 0 Å². The van der Waals surface area contributed by atoms with Crippen LogP contribution in [0.15, 0.2) is 16.5 Å². The number of esters is 1. The van der Waals surface area contributed by atoms with Gasteiger partial charge in [-0.15, -0.1) is 0 Å².